The largest absolute Gasteiger partial charge is 0.467 e. The van der Waals surface area contributed by atoms with Crippen LogP contribution >= 0.6 is 0 Å². The molecule has 1 aromatic heterocycles. The number of nitrogens with one attached hydrogen (secondary N) is 1. The first-order valence-electron chi connectivity index (χ1n) is 6.24. The molecule has 0 fully saturated rings. The Morgan fingerprint density at radius 2 is 2.16 bits per heavy atom. The Bertz CT molecular complexity index is 570. The summed E-state index contributed by atoms with van der Waals surface area (Å²) in [6, 6.07) is 11.5. The first-order chi connectivity index (χ1) is 9.15. The summed E-state index contributed by atoms with van der Waals surface area (Å²) in [4.78, 5) is 11.8. The van der Waals surface area contributed by atoms with E-state index in [-0.39, 0.29) is 11.9 Å². The van der Waals surface area contributed by atoms with Crippen molar-refractivity contribution < 1.29 is 9.21 Å². The molecule has 98 valence electrons. The molecule has 3 heteroatoms. The van der Waals surface area contributed by atoms with Gasteiger partial charge in [-0.3, -0.25) is 4.79 Å². The Hall–Kier alpha value is -2.29. The van der Waals surface area contributed by atoms with Crippen molar-refractivity contribution >= 4 is 12.0 Å². The van der Waals surface area contributed by atoms with Crippen molar-refractivity contribution in [2.24, 2.45) is 0 Å². The number of aryl methyl sites for hydroxylation is 1. The minimum absolute atomic E-state index is 0.134. The van der Waals surface area contributed by atoms with Gasteiger partial charge in [0, 0.05) is 6.08 Å². The molecule has 2 rings (SSSR count). The molecule has 0 bridgehead atoms. The Balaban J connectivity index is 1.94. The van der Waals surface area contributed by atoms with Crippen LogP contribution in [0.2, 0.25) is 0 Å². The van der Waals surface area contributed by atoms with Gasteiger partial charge in [-0.1, -0.05) is 29.8 Å². The second kappa shape index (κ2) is 6.05. The Labute approximate surface area is 112 Å². The zero-order valence-electron chi connectivity index (χ0n) is 11.1. The van der Waals surface area contributed by atoms with Gasteiger partial charge in [-0.05, 0) is 37.6 Å². The molecule has 0 saturated heterocycles. The van der Waals surface area contributed by atoms with Gasteiger partial charge in [-0.25, -0.2) is 0 Å². The highest BCUT2D eigenvalue weighted by molar-refractivity contribution is 5.91. The number of amides is 1. The topological polar surface area (TPSA) is 42.2 Å². The molecule has 0 radical (unpaired) electrons. The minimum Gasteiger partial charge on any atom is -0.467 e. The molecular weight excluding hydrogens is 238 g/mol. The third kappa shape index (κ3) is 3.85. The fourth-order valence-corrected chi connectivity index (χ4v) is 1.82. The quantitative estimate of drug-likeness (QED) is 0.850. The van der Waals surface area contributed by atoms with E-state index in [0.29, 0.717) is 0 Å². The highest BCUT2D eigenvalue weighted by Gasteiger charge is 2.09. The maximum atomic E-state index is 11.8. The van der Waals surface area contributed by atoms with Crippen LogP contribution in [0.4, 0.5) is 0 Å². The Morgan fingerprint density at radius 3 is 2.84 bits per heavy atom. The molecule has 19 heavy (non-hydrogen) atoms. The molecule has 1 atom stereocenters. The van der Waals surface area contributed by atoms with Crippen LogP contribution in [-0.2, 0) is 4.79 Å². The molecule has 0 aliphatic carbocycles. The second-order valence-corrected chi connectivity index (χ2v) is 4.49. The molecular formula is C16H17NO2. The van der Waals surface area contributed by atoms with Gasteiger partial charge in [0.1, 0.15) is 5.76 Å². The van der Waals surface area contributed by atoms with Gasteiger partial charge < -0.3 is 9.73 Å². The molecule has 0 aliphatic rings. The first-order valence-corrected chi connectivity index (χ1v) is 6.24. The van der Waals surface area contributed by atoms with E-state index in [0.717, 1.165) is 11.3 Å². The summed E-state index contributed by atoms with van der Waals surface area (Å²) in [6.07, 6.45) is 4.94. The Kier molecular flexibility index (Phi) is 4.18. The van der Waals surface area contributed by atoms with Crippen LogP contribution in [0, 0.1) is 6.92 Å². The van der Waals surface area contributed by atoms with Crippen molar-refractivity contribution in [3.05, 3.63) is 65.6 Å². The lowest BCUT2D eigenvalue weighted by Gasteiger charge is -2.08. The molecule has 1 N–H and O–H groups in total. The molecule has 3 nitrogen and oxygen atoms in total. The van der Waals surface area contributed by atoms with Gasteiger partial charge in [0.15, 0.2) is 0 Å². The average Bonchev–Trinajstić information content (AvgIpc) is 2.90. The van der Waals surface area contributed by atoms with Crippen molar-refractivity contribution in [2.45, 2.75) is 19.9 Å². The molecule has 0 aliphatic heterocycles. The molecule has 0 unspecified atom stereocenters. The van der Waals surface area contributed by atoms with Crippen LogP contribution in [0.1, 0.15) is 29.9 Å². The third-order valence-electron chi connectivity index (χ3n) is 2.80. The van der Waals surface area contributed by atoms with E-state index in [1.807, 2.05) is 44.2 Å². The van der Waals surface area contributed by atoms with Gasteiger partial charge in [-0.2, -0.15) is 0 Å². The number of benzene rings is 1. The van der Waals surface area contributed by atoms with E-state index in [2.05, 4.69) is 5.32 Å². The fourth-order valence-electron chi connectivity index (χ4n) is 1.82. The lowest BCUT2D eigenvalue weighted by atomic mass is 10.1. The van der Waals surface area contributed by atoms with Gasteiger partial charge in [0.05, 0.1) is 12.3 Å². The van der Waals surface area contributed by atoms with Crippen molar-refractivity contribution in [3.63, 3.8) is 0 Å². The Morgan fingerprint density at radius 1 is 1.32 bits per heavy atom. The van der Waals surface area contributed by atoms with Crippen LogP contribution in [0.5, 0.6) is 0 Å². The number of carbonyl (C=O) groups is 1. The van der Waals surface area contributed by atoms with Crippen molar-refractivity contribution in [1.29, 1.82) is 0 Å². The summed E-state index contributed by atoms with van der Waals surface area (Å²) >= 11 is 0. The minimum atomic E-state index is -0.135. The zero-order valence-corrected chi connectivity index (χ0v) is 11.1. The average molecular weight is 255 g/mol. The van der Waals surface area contributed by atoms with E-state index in [9.17, 15) is 4.79 Å². The van der Waals surface area contributed by atoms with Crippen LogP contribution in [0.3, 0.4) is 0 Å². The zero-order chi connectivity index (χ0) is 13.7. The highest BCUT2D eigenvalue weighted by atomic mass is 16.3. The smallest absolute Gasteiger partial charge is 0.244 e. The van der Waals surface area contributed by atoms with Gasteiger partial charge in [-0.15, -0.1) is 0 Å². The van der Waals surface area contributed by atoms with Gasteiger partial charge in [0.2, 0.25) is 5.91 Å². The maximum absolute atomic E-state index is 11.8. The predicted molar refractivity (Wildman–Crippen MR) is 75.5 cm³/mol. The standard InChI is InChI=1S/C16H17NO2/c1-12-5-3-6-14(11-12)8-9-16(18)17-13(2)15-7-4-10-19-15/h3-11,13H,1-2H3,(H,17,18)/b9-8+/t13-/m1/s1. The van der Waals surface area contributed by atoms with E-state index in [1.54, 1.807) is 18.4 Å². The summed E-state index contributed by atoms with van der Waals surface area (Å²) in [5.41, 5.74) is 2.19. The van der Waals surface area contributed by atoms with Crippen LogP contribution in [0.15, 0.2) is 53.2 Å². The second-order valence-electron chi connectivity index (χ2n) is 4.49. The van der Waals surface area contributed by atoms with E-state index >= 15 is 0 Å². The third-order valence-corrected chi connectivity index (χ3v) is 2.80. The van der Waals surface area contributed by atoms with Gasteiger partial charge in [0.25, 0.3) is 0 Å². The summed E-state index contributed by atoms with van der Waals surface area (Å²) in [7, 11) is 0. The van der Waals surface area contributed by atoms with Crippen molar-refractivity contribution in [2.75, 3.05) is 0 Å². The number of hydrogen-bond acceptors (Lipinski definition) is 2. The lowest BCUT2D eigenvalue weighted by Crippen LogP contribution is -2.24. The molecule has 1 aromatic carbocycles. The van der Waals surface area contributed by atoms with Crippen LogP contribution in [0.25, 0.3) is 6.08 Å². The number of hydrogen-bond donors (Lipinski definition) is 1. The van der Waals surface area contributed by atoms with E-state index in [1.165, 1.54) is 11.6 Å². The first kappa shape index (κ1) is 13.1. The predicted octanol–water partition coefficient (Wildman–Crippen LogP) is 3.48. The van der Waals surface area contributed by atoms with E-state index in [4.69, 9.17) is 4.42 Å². The summed E-state index contributed by atoms with van der Waals surface area (Å²) in [5, 5.41) is 2.85. The SMILES string of the molecule is Cc1cccc(/C=C/C(=O)N[C@H](C)c2ccco2)c1. The summed E-state index contributed by atoms with van der Waals surface area (Å²) in [5.74, 6) is 0.614. The highest BCUT2D eigenvalue weighted by Crippen LogP contribution is 2.12. The molecule has 0 saturated carbocycles. The molecule has 0 spiro atoms. The van der Waals surface area contributed by atoms with Crippen LogP contribution < -0.4 is 5.32 Å². The monoisotopic (exact) mass is 255 g/mol. The summed E-state index contributed by atoms with van der Waals surface area (Å²) < 4.78 is 5.24. The fraction of sp³-hybridized carbons (Fsp3) is 0.188. The lowest BCUT2D eigenvalue weighted by molar-refractivity contribution is -0.117. The number of furan rings is 1. The maximum Gasteiger partial charge on any atom is 0.244 e. The van der Waals surface area contributed by atoms with Crippen molar-refractivity contribution in [1.82, 2.24) is 5.32 Å². The summed E-state index contributed by atoms with van der Waals surface area (Å²) in [6.45, 7) is 3.91. The number of rotatable bonds is 4. The molecule has 1 amide bonds. The van der Waals surface area contributed by atoms with Gasteiger partial charge >= 0.3 is 0 Å². The number of carbonyl (C=O) groups excluding carboxylic acids is 1. The normalized spacial score (nSPS) is 12.5. The molecule has 1 heterocycles. The van der Waals surface area contributed by atoms with Crippen LogP contribution in [-0.4, -0.2) is 5.91 Å². The van der Waals surface area contributed by atoms with Crippen molar-refractivity contribution in [3.8, 4) is 0 Å². The van der Waals surface area contributed by atoms with E-state index < -0.39 is 0 Å². The molecule has 2 aromatic rings.